The van der Waals surface area contributed by atoms with Gasteiger partial charge in [-0.25, -0.2) is 0 Å². The van der Waals surface area contributed by atoms with Crippen LogP contribution in [-0.4, -0.2) is 10.3 Å². The van der Waals surface area contributed by atoms with E-state index in [0.717, 1.165) is 16.2 Å². The van der Waals surface area contributed by atoms with Gasteiger partial charge in [-0.2, -0.15) is 5.10 Å². The van der Waals surface area contributed by atoms with Crippen molar-refractivity contribution in [2.24, 2.45) is 10.2 Å². The lowest BCUT2D eigenvalue weighted by Crippen LogP contribution is -2.13. The van der Waals surface area contributed by atoms with Crippen LogP contribution in [0.1, 0.15) is 18.7 Å². The Kier molecular flexibility index (Phi) is 4.53. The molecule has 0 saturated heterocycles. The summed E-state index contributed by atoms with van der Waals surface area (Å²) in [6.45, 7) is 6.04. The lowest BCUT2D eigenvalue weighted by molar-refractivity contribution is 0.967. The van der Waals surface area contributed by atoms with Gasteiger partial charge in [0.2, 0.25) is 4.80 Å². The minimum atomic E-state index is 0.883. The van der Waals surface area contributed by atoms with Gasteiger partial charge >= 0.3 is 0 Å². The maximum atomic E-state index is 4.46. The maximum absolute atomic E-state index is 4.46. The van der Waals surface area contributed by atoms with Gasteiger partial charge < -0.3 is 0 Å². The van der Waals surface area contributed by atoms with Gasteiger partial charge in [-0.1, -0.05) is 59.9 Å². The zero-order chi connectivity index (χ0) is 16.2. The first-order valence-corrected chi connectivity index (χ1v) is 8.36. The molecule has 0 saturated carbocycles. The van der Waals surface area contributed by atoms with Gasteiger partial charge in [-0.3, -0.25) is 4.57 Å². The predicted octanol–water partition coefficient (Wildman–Crippen LogP) is 4.81. The SMILES string of the molecule is CC(C)=NN=c1sc(C)c(-c2ccccc2)n1-c1ccccc1. The number of rotatable bonds is 3. The molecule has 3 nitrogen and oxygen atoms in total. The molecular weight excluding hydrogens is 302 g/mol. The van der Waals surface area contributed by atoms with Crippen LogP contribution in [0.3, 0.4) is 0 Å². The summed E-state index contributed by atoms with van der Waals surface area (Å²) in [7, 11) is 0. The van der Waals surface area contributed by atoms with Crippen molar-refractivity contribution < 1.29 is 0 Å². The van der Waals surface area contributed by atoms with Crippen molar-refractivity contribution in [2.75, 3.05) is 0 Å². The Morgan fingerprint density at radius 3 is 2.13 bits per heavy atom. The molecule has 116 valence electrons. The van der Waals surface area contributed by atoms with E-state index in [-0.39, 0.29) is 0 Å². The molecule has 3 rings (SSSR count). The molecule has 0 unspecified atom stereocenters. The van der Waals surface area contributed by atoms with Crippen molar-refractivity contribution in [2.45, 2.75) is 20.8 Å². The van der Waals surface area contributed by atoms with Crippen molar-refractivity contribution >= 4 is 17.0 Å². The van der Waals surface area contributed by atoms with Crippen LogP contribution in [0.2, 0.25) is 0 Å². The molecule has 0 N–H and O–H groups in total. The molecule has 0 fully saturated rings. The topological polar surface area (TPSA) is 29.6 Å². The minimum absolute atomic E-state index is 0.883. The second-order valence-electron chi connectivity index (χ2n) is 5.47. The quantitative estimate of drug-likeness (QED) is 0.489. The first-order valence-electron chi connectivity index (χ1n) is 7.55. The van der Waals surface area contributed by atoms with Crippen molar-refractivity contribution in [3.63, 3.8) is 0 Å². The van der Waals surface area contributed by atoms with E-state index in [0.29, 0.717) is 0 Å². The van der Waals surface area contributed by atoms with Gasteiger partial charge in [0.25, 0.3) is 0 Å². The van der Waals surface area contributed by atoms with Crippen LogP contribution >= 0.6 is 11.3 Å². The van der Waals surface area contributed by atoms with E-state index in [1.54, 1.807) is 11.3 Å². The number of hydrogen-bond acceptors (Lipinski definition) is 3. The molecule has 0 amide bonds. The molecule has 0 aliphatic heterocycles. The van der Waals surface area contributed by atoms with E-state index in [9.17, 15) is 0 Å². The summed E-state index contributed by atoms with van der Waals surface area (Å²) < 4.78 is 2.18. The number of aryl methyl sites for hydroxylation is 1. The van der Waals surface area contributed by atoms with Gasteiger partial charge in [-0.05, 0) is 38.5 Å². The smallest absolute Gasteiger partial charge is 0.215 e. The fraction of sp³-hybridized carbons (Fsp3) is 0.158. The van der Waals surface area contributed by atoms with Gasteiger partial charge in [0.15, 0.2) is 0 Å². The zero-order valence-corrected chi connectivity index (χ0v) is 14.3. The molecule has 4 heteroatoms. The Balaban J connectivity index is 2.33. The van der Waals surface area contributed by atoms with Gasteiger partial charge in [0.1, 0.15) is 0 Å². The van der Waals surface area contributed by atoms with Crippen LogP contribution in [0.4, 0.5) is 0 Å². The Bertz CT molecular complexity index is 883. The van der Waals surface area contributed by atoms with Crippen LogP contribution in [-0.2, 0) is 0 Å². The fourth-order valence-corrected chi connectivity index (χ4v) is 3.39. The lowest BCUT2D eigenvalue weighted by atomic mass is 10.1. The first kappa shape index (κ1) is 15.4. The summed E-state index contributed by atoms with van der Waals surface area (Å²) in [5, 5.41) is 8.72. The highest BCUT2D eigenvalue weighted by Crippen LogP contribution is 2.27. The summed E-state index contributed by atoms with van der Waals surface area (Å²) in [5.74, 6) is 0. The van der Waals surface area contributed by atoms with Crippen LogP contribution < -0.4 is 4.80 Å². The van der Waals surface area contributed by atoms with Crippen molar-refractivity contribution in [3.05, 3.63) is 70.3 Å². The molecule has 0 aliphatic rings. The third-order valence-electron chi connectivity index (χ3n) is 3.39. The normalized spacial score (nSPS) is 11.5. The minimum Gasteiger partial charge on any atom is -0.283 e. The van der Waals surface area contributed by atoms with E-state index in [2.05, 4.69) is 58.1 Å². The molecule has 0 radical (unpaired) electrons. The molecule has 2 aromatic carbocycles. The van der Waals surface area contributed by atoms with E-state index in [1.165, 1.54) is 16.1 Å². The Morgan fingerprint density at radius 1 is 0.913 bits per heavy atom. The predicted molar refractivity (Wildman–Crippen MR) is 98.2 cm³/mol. The van der Waals surface area contributed by atoms with Gasteiger partial charge in [0.05, 0.1) is 5.69 Å². The standard InChI is InChI=1S/C19H19N3S/c1-14(2)20-21-19-22(17-12-8-5-9-13-17)18(15(3)23-19)16-10-6-4-7-11-16/h4-13H,1-3H3. The molecule has 0 aliphatic carbocycles. The van der Waals surface area contributed by atoms with Crippen molar-refractivity contribution in [1.82, 2.24) is 4.57 Å². The molecule has 0 atom stereocenters. The summed E-state index contributed by atoms with van der Waals surface area (Å²) >= 11 is 1.66. The lowest BCUT2D eigenvalue weighted by Gasteiger charge is -2.10. The number of benzene rings is 2. The van der Waals surface area contributed by atoms with Crippen LogP contribution in [0.15, 0.2) is 70.9 Å². The first-order chi connectivity index (χ1) is 11.2. The summed E-state index contributed by atoms with van der Waals surface area (Å²) in [4.78, 5) is 2.11. The molecule has 1 aromatic heterocycles. The third-order valence-corrected chi connectivity index (χ3v) is 4.34. The van der Waals surface area contributed by atoms with Gasteiger partial charge in [0, 0.05) is 16.3 Å². The number of nitrogens with zero attached hydrogens (tertiary/aromatic N) is 3. The largest absolute Gasteiger partial charge is 0.283 e. The second kappa shape index (κ2) is 6.75. The molecule has 0 bridgehead atoms. The van der Waals surface area contributed by atoms with Crippen LogP contribution in [0.5, 0.6) is 0 Å². The maximum Gasteiger partial charge on any atom is 0.215 e. The summed E-state index contributed by atoms with van der Waals surface area (Å²) in [6.07, 6.45) is 0. The van der Waals surface area contributed by atoms with Crippen LogP contribution in [0, 0.1) is 6.92 Å². The molecule has 23 heavy (non-hydrogen) atoms. The number of hydrogen-bond donors (Lipinski definition) is 0. The van der Waals surface area contributed by atoms with E-state index in [1.807, 2.05) is 38.1 Å². The number of thiazole rings is 1. The van der Waals surface area contributed by atoms with E-state index in [4.69, 9.17) is 0 Å². The van der Waals surface area contributed by atoms with Gasteiger partial charge in [-0.15, -0.1) is 5.10 Å². The van der Waals surface area contributed by atoms with Crippen LogP contribution in [0.25, 0.3) is 16.9 Å². The average Bonchev–Trinajstić information content (AvgIpc) is 2.91. The highest BCUT2D eigenvalue weighted by Gasteiger charge is 2.13. The highest BCUT2D eigenvalue weighted by atomic mass is 32.1. The average molecular weight is 321 g/mol. The molecular formula is C19H19N3S. The monoisotopic (exact) mass is 321 g/mol. The third kappa shape index (κ3) is 3.32. The fourth-order valence-electron chi connectivity index (χ4n) is 2.44. The van der Waals surface area contributed by atoms with E-state index < -0.39 is 0 Å². The van der Waals surface area contributed by atoms with Crippen molar-refractivity contribution in [3.8, 4) is 16.9 Å². The molecule has 1 heterocycles. The Hall–Kier alpha value is -2.46. The highest BCUT2D eigenvalue weighted by molar-refractivity contribution is 7.09. The molecule has 0 spiro atoms. The summed E-state index contributed by atoms with van der Waals surface area (Å²) in [5.41, 5.74) is 4.39. The Morgan fingerprint density at radius 2 is 1.52 bits per heavy atom. The van der Waals surface area contributed by atoms with E-state index >= 15 is 0 Å². The molecule has 3 aromatic rings. The Labute approximate surface area is 140 Å². The number of aromatic nitrogens is 1. The second-order valence-corrected chi connectivity index (χ2v) is 6.66. The summed E-state index contributed by atoms with van der Waals surface area (Å²) in [6, 6.07) is 20.7. The zero-order valence-electron chi connectivity index (χ0n) is 13.5. The number of para-hydroxylation sites is 1. The van der Waals surface area contributed by atoms with Crippen molar-refractivity contribution in [1.29, 1.82) is 0 Å².